The lowest BCUT2D eigenvalue weighted by Gasteiger charge is -2.34. The van der Waals surface area contributed by atoms with Gasteiger partial charge in [-0.05, 0) is 29.8 Å². The second-order valence-electron chi connectivity index (χ2n) is 8.57. The van der Waals surface area contributed by atoms with E-state index < -0.39 is 0 Å². The second kappa shape index (κ2) is 8.67. The SMILES string of the molecule is CC(=O)N1CCN(Cc2ccc3c(c2)CN(C(=O)c2cc4ccccc4[nH]2)CCO3)CC1. The van der Waals surface area contributed by atoms with Crippen LogP contribution < -0.4 is 4.74 Å². The Labute approximate surface area is 187 Å². The van der Waals surface area contributed by atoms with Gasteiger partial charge in [0.1, 0.15) is 18.1 Å². The Morgan fingerprint density at radius 1 is 0.969 bits per heavy atom. The Hall–Kier alpha value is -3.32. The van der Waals surface area contributed by atoms with Gasteiger partial charge >= 0.3 is 0 Å². The number of amides is 2. The van der Waals surface area contributed by atoms with Gasteiger partial charge < -0.3 is 19.5 Å². The molecule has 0 aliphatic carbocycles. The number of carbonyl (C=O) groups excluding carboxylic acids is 2. The average molecular weight is 433 g/mol. The van der Waals surface area contributed by atoms with Crippen LogP contribution in [0, 0.1) is 0 Å². The van der Waals surface area contributed by atoms with E-state index in [-0.39, 0.29) is 11.8 Å². The van der Waals surface area contributed by atoms with Crippen molar-refractivity contribution in [1.82, 2.24) is 19.7 Å². The van der Waals surface area contributed by atoms with E-state index in [1.165, 1.54) is 5.56 Å². The standard InChI is InChI=1S/C25H28N4O3/c1-18(30)28-10-8-27(9-11-28)16-19-6-7-24-21(14-19)17-29(12-13-32-24)25(31)23-15-20-4-2-3-5-22(20)26-23/h2-7,14-15,26H,8-13,16-17H2,1H3. The smallest absolute Gasteiger partial charge is 0.270 e. The first-order valence-electron chi connectivity index (χ1n) is 11.2. The minimum absolute atomic E-state index is 0.0107. The second-order valence-corrected chi connectivity index (χ2v) is 8.57. The highest BCUT2D eigenvalue weighted by Gasteiger charge is 2.23. The molecule has 32 heavy (non-hydrogen) atoms. The summed E-state index contributed by atoms with van der Waals surface area (Å²) in [4.78, 5) is 34.1. The van der Waals surface area contributed by atoms with Gasteiger partial charge in [-0.25, -0.2) is 0 Å². The normalized spacial score (nSPS) is 17.0. The van der Waals surface area contributed by atoms with E-state index >= 15 is 0 Å². The van der Waals surface area contributed by atoms with Crippen LogP contribution in [0.1, 0.15) is 28.5 Å². The van der Waals surface area contributed by atoms with Crippen LogP contribution in [0.5, 0.6) is 5.75 Å². The maximum absolute atomic E-state index is 13.2. The van der Waals surface area contributed by atoms with Crippen molar-refractivity contribution in [3.05, 3.63) is 65.4 Å². The number of hydrogen-bond acceptors (Lipinski definition) is 4. The predicted octanol–water partition coefficient (Wildman–Crippen LogP) is 2.87. The van der Waals surface area contributed by atoms with Crippen LogP contribution in [-0.4, -0.2) is 70.8 Å². The number of aromatic amines is 1. The Balaban J connectivity index is 1.30. The first kappa shape index (κ1) is 20.6. The zero-order valence-electron chi connectivity index (χ0n) is 18.3. The lowest BCUT2D eigenvalue weighted by atomic mass is 10.1. The van der Waals surface area contributed by atoms with Gasteiger partial charge in [0.2, 0.25) is 5.91 Å². The molecule has 1 fully saturated rings. The van der Waals surface area contributed by atoms with Gasteiger partial charge in [-0.3, -0.25) is 14.5 Å². The van der Waals surface area contributed by atoms with E-state index in [1.54, 1.807) is 6.92 Å². The van der Waals surface area contributed by atoms with Crippen molar-refractivity contribution in [3.8, 4) is 5.75 Å². The summed E-state index contributed by atoms with van der Waals surface area (Å²) in [6, 6.07) is 16.1. The molecule has 0 unspecified atom stereocenters. The molecule has 1 N–H and O–H groups in total. The summed E-state index contributed by atoms with van der Waals surface area (Å²) in [6.45, 7) is 7.30. The van der Waals surface area contributed by atoms with Crippen LogP contribution in [0.15, 0.2) is 48.5 Å². The van der Waals surface area contributed by atoms with Gasteiger partial charge in [-0.1, -0.05) is 24.3 Å². The number of carbonyl (C=O) groups is 2. The molecule has 0 spiro atoms. The Kier molecular flexibility index (Phi) is 5.57. The van der Waals surface area contributed by atoms with Crippen LogP contribution in [0.25, 0.3) is 10.9 Å². The molecule has 3 aromatic rings. The van der Waals surface area contributed by atoms with Crippen LogP contribution in [-0.2, 0) is 17.9 Å². The molecule has 5 rings (SSSR count). The fourth-order valence-electron chi connectivity index (χ4n) is 4.56. The average Bonchev–Trinajstić information content (AvgIpc) is 3.12. The van der Waals surface area contributed by atoms with Crippen molar-refractivity contribution in [2.75, 3.05) is 39.3 Å². The number of H-pyrrole nitrogens is 1. The van der Waals surface area contributed by atoms with E-state index in [2.05, 4.69) is 22.0 Å². The van der Waals surface area contributed by atoms with Crippen molar-refractivity contribution in [2.45, 2.75) is 20.0 Å². The number of para-hydroxylation sites is 1. The number of hydrogen-bond donors (Lipinski definition) is 1. The highest BCUT2D eigenvalue weighted by molar-refractivity contribution is 5.98. The lowest BCUT2D eigenvalue weighted by Crippen LogP contribution is -2.47. The molecule has 1 aromatic heterocycles. The molecule has 0 bridgehead atoms. The molecule has 0 saturated carbocycles. The molecular weight excluding hydrogens is 404 g/mol. The fraction of sp³-hybridized carbons (Fsp3) is 0.360. The minimum atomic E-state index is -0.0107. The van der Waals surface area contributed by atoms with Crippen molar-refractivity contribution < 1.29 is 14.3 Å². The summed E-state index contributed by atoms with van der Waals surface area (Å²) in [6.07, 6.45) is 0. The zero-order valence-corrected chi connectivity index (χ0v) is 18.3. The summed E-state index contributed by atoms with van der Waals surface area (Å²) in [5.74, 6) is 0.983. The third kappa shape index (κ3) is 4.21. The van der Waals surface area contributed by atoms with Gasteiger partial charge in [-0.15, -0.1) is 0 Å². The Morgan fingerprint density at radius 2 is 1.78 bits per heavy atom. The number of ether oxygens (including phenoxy) is 1. The molecular formula is C25H28N4O3. The van der Waals surface area contributed by atoms with Crippen molar-refractivity contribution >= 4 is 22.7 Å². The van der Waals surface area contributed by atoms with E-state index in [1.807, 2.05) is 46.2 Å². The fourth-order valence-corrected chi connectivity index (χ4v) is 4.56. The maximum Gasteiger partial charge on any atom is 0.270 e. The number of rotatable bonds is 3. The number of aromatic nitrogens is 1. The molecule has 3 heterocycles. The topological polar surface area (TPSA) is 68.9 Å². The maximum atomic E-state index is 13.2. The molecule has 0 atom stereocenters. The third-order valence-electron chi connectivity index (χ3n) is 6.38. The van der Waals surface area contributed by atoms with Crippen LogP contribution in [0.2, 0.25) is 0 Å². The van der Waals surface area contributed by atoms with Crippen LogP contribution in [0.3, 0.4) is 0 Å². The monoisotopic (exact) mass is 432 g/mol. The van der Waals surface area contributed by atoms with Gasteiger partial charge in [0.15, 0.2) is 0 Å². The first-order chi connectivity index (χ1) is 15.6. The van der Waals surface area contributed by atoms with E-state index in [0.717, 1.165) is 54.9 Å². The van der Waals surface area contributed by atoms with Gasteiger partial charge in [-0.2, -0.15) is 0 Å². The molecule has 0 radical (unpaired) electrons. The highest BCUT2D eigenvalue weighted by atomic mass is 16.5. The minimum Gasteiger partial charge on any atom is -0.491 e. The Bertz CT molecular complexity index is 1110. The molecule has 1 saturated heterocycles. The summed E-state index contributed by atoms with van der Waals surface area (Å²) in [5, 5.41) is 1.04. The van der Waals surface area contributed by atoms with Gasteiger partial charge in [0.25, 0.3) is 5.91 Å². The Morgan fingerprint density at radius 3 is 2.56 bits per heavy atom. The molecule has 2 aliphatic rings. The molecule has 7 heteroatoms. The van der Waals surface area contributed by atoms with Crippen molar-refractivity contribution in [3.63, 3.8) is 0 Å². The number of fused-ring (bicyclic) bond motifs is 2. The van der Waals surface area contributed by atoms with Crippen molar-refractivity contribution in [2.24, 2.45) is 0 Å². The number of piperazine rings is 1. The summed E-state index contributed by atoms with van der Waals surface area (Å²) >= 11 is 0. The van der Waals surface area contributed by atoms with E-state index in [4.69, 9.17) is 4.74 Å². The number of nitrogens with zero attached hydrogens (tertiary/aromatic N) is 3. The number of benzene rings is 2. The van der Waals surface area contributed by atoms with Gasteiger partial charge in [0.05, 0.1) is 6.54 Å². The zero-order chi connectivity index (χ0) is 22.1. The lowest BCUT2D eigenvalue weighted by molar-refractivity contribution is -0.130. The van der Waals surface area contributed by atoms with E-state index in [9.17, 15) is 9.59 Å². The molecule has 2 amide bonds. The van der Waals surface area contributed by atoms with Crippen LogP contribution >= 0.6 is 0 Å². The quantitative estimate of drug-likeness (QED) is 0.691. The third-order valence-corrected chi connectivity index (χ3v) is 6.38. The van der Waals surface area contributed by atoms with Gasteiger partial charge in [0, 0.05) is 62.7 Å². The van der Waals surface area contributed by atoms with E-state index in [0.29, 0.717) is 25.4 Å². The summed E-state index contributed by atoms with van der Waals surface area (Å²) in [5.41, 5.74) is 3.80. The highest BCUT2D eigenvalue weighted by Crippen LogP contribution is 2.26. The molecule has 2 aromatic carbocycles. The summed E-state index contributed by atoms with van der Waals surface area (Å²) in [7, 11) is 0. The molecule has 166 valence electrons. The largest absolute Gasteiger partial charge is 0.491 e. The van der Waals surface area contributed by atoms with Crippen LogP contribution in [0.4, 0.5) is 0 Å². The molecule has 2 aliphatic heterocycles. The number of nitrogens with one attached hydrogen (secondary N) is 1. The predicted molar refractivity (Wildman–Crippen MR) is 123 cm³/mol. The first-order valence-corrected chi connectivity index (χ1v) is 11.2. The molecule has 7 nitrogen and oxygen atoms in total. The summed E-state index contributed by atoms with van der Waals surface area (Å²) < 4.78 is 5.95. The van der Waals surface area contributed by atoms with Crippen molar-refractivity contribution in [1.29, 1.82) is 0 Å².